The molecule has 2 aromatic heterocycles. The molecule has 1 unspecified atom stereocenters. The lowest BCUT2D eigenvalue weighted by Gasteiger charge is -2.14. The molecule has 156 valence electrons. The van der Waals surface area contributed by atoms with E-state index in [1.54, 1.807) is 19.1 Å². The number of hydrogen-bond donors (Lipinski definition) is 2. The maximum Gasteiger partial charge on any atom is 0.338 e. The maximum atomic E-state index is 12.5. The molecular formula is C20H19ClN4O4S. The van der Waals surface area contributed by atoms with Crippen molar-refractivity contribution >= 4 is 46.3 Å². The van der Waals surface area contributed by atoms with E-state index in [2.05, 4.69) is 20.3 Å². The smallest absolute Gasteiger partial charge is 0.338 e. The lowest BCUT2D eigenvalue weighted by Crippen LogP contribution is -2.28. The van der Waals surface area contributed by atoms with Gasteiger partial charge in [-0.15, -0.1) is 0 Å². The van der Waals surface area contributed by atoms with Crippen molar-refractivity contribution in [1.82, 2.24) is 20.3 Å². The van der Waals surface area contributed by atoms with Crippen molar-refractivity contribution < 1.29 is 14.3 Å². The maximum absolute atomic E-state index is 12.5. The van der Waals surface area contributed by atoms with E-state index >= 15 is 0 Å². The highest BCUT2D eigenvalue weighted by atomic mass is 35.5. The summed E-state index contributed by atoms with van der Waals surface area (Å²) in [5, 5.41) is 3.79. The van der Waals surface area contributed by atoms with Crippen LogP contribution in [0.3, 0.4) is 0 Å². The van der Waals surface area contributed by atoms with Crippen molar-refractivity contribution in [2.75, 3.05) is 12.9 Å². The Morgan fingerprint density at radius 2 is 1.97 bits per heavy atom. The van der Waals surface area contributed by atoms with Gasteiger partial charge in [0.15, 0.2) is 10.8 Å². The average Bonchev–Trinajstić information content (AvgIpc) is 2.71. The molecule has 10 heteroatoms. The molecule has 0 bridgehead atoms. The van der Waals surface area contributed by atoms with E-state index in [9.17, 15) is 14.4 Å². The van der Waals surface area contributed by atoms with Crippen molar-refractivity contribution in [2.45, 2.75) is 25.0 Å². The van der Waals surface area contributed by atoms with Gasteiger partial charge in [-0.1, -0.05) is 35.5 Å². The van der Waals surface area contributed by atoms with E-state index in [1.165, 1.54) is 13.2 Å². The van der Waals surface area contributed by atoms with E-state index in [0.29, 0.717) is 10.7 Å². The highest BCUT2D eigenvalue weighted by Crippen LogP contribution is 2.19. The first-order valence-electron chi connectivity index (χ1n) is 8.96. The van der Waals surface area contributed by atoms with Crippen LogP contribution in [-0.2, 0) is 9.53 Å². The van der Waals surface area contributed by atoms with Crippen molar-refractivity contribution in [1.29, 1.82) is 0 Å². The van der Waals surface area contributed by atoms with Crippen LogP contribution in [0.2, 0.25) is 5.02 Å². The average molecular weight is 447 g/mol. The predicted octanol–water partition coefficient (Wildman–Crippen LogP) is 3.04. The standard InChI is InChI=1S/C20H19ClN4O4S/c1-10-8-14(19(28)29-3)16-17(22-10)24-20(25-18(16)27)30-9-15(26)23-11(2)12-4-6-13(21)7-5-12/h4-8,11H,9H2,1-3H3,(H,23,26)(H,22,24,25,27). The van der Waals surface area contributed by atoms with Crippen molar-refractivity contribution in [3.63, 3.8) is 0 Å². The normalized spacial score (nSPS) is 11.9. The number of carbonyl (C=O) groups excluding carboxylic acids is 2. The second-order valence-electron chi connectivity index (χ2n) is 6.50. The van der Waals surface area contributed by atoms with Crippen LogP contribution >= 0.6 is 23.4 Å². The number of aromatic nitrogens is 3. The molecular weight excluding hydrogens is 428 g/mol. The molecule has 3 rings (SSSR count). The van der Waals surface area contributed by atoms with Gasteiger partial charge in [0, 0.05) is 10.7 Å². The van der Waals surface area contributed by atoms with Crippen LogP contribution in [0.25, 0.3) is 11.0 Å². The van der Waals surface area contributed by atoms with Gasteiger partial charge in [-0.2, -0.15) is 0 Å². The number of benzene rings is 1. The summed E-state index contributed by atoms with van der Waals surface area (Å²) in [6, 6.07) is 8.48. The molecule has 2 N–H and O–H groups in total. The van der Waals surface area contributed by atoms with Gasteiger partial charge in [0.1, 0.15) is 0 Å². The molecule has 0 aliphatic heterocycles. The molecule has 0 aliphatic rings. The van der Waals surface area contributed by atoms with Gasteiger partial charge in [-0.05, 0) is 37.6 Å². The van der Waals surface area contributed by atoms with Crippen LogP contribution in [0.15, 0.2) is 40.3 Å². The first kappa shape index (κ1) is 21.8. The molecule has 30 heavy (non-hydrogen) atoms. The summed E-state index contributed by atoms with van der Waals surface area (Å²) in [5.41, 5.74) is 1.14. The van der Waals surface area contributed by atoms with Crippen LogP contribution in [0.4, 0.5) is 0 Å². The summed E-state index contributed by atoms with van der Waals surface area (Å²) < 4.78 is 4.73. The summed E-state index contributed by atoms with van der Waals surface area (Å²) in [5.74, 6) is -0.825. The van der Waals surface area contributed by atoms with E-state index in [-0.39, 0.29) is 39.5 Å². The second kappa shape index (κ2) is 9.27. The molecule has 1 atom stereocenters. The number of H-pyrrole nitrogens is 1. The number of methoxy groups -OCH3 is 1. The summed E-state index contributed by atoms with van der Waals surface area (Å²) in [7, 11) is 1.24. The number of hydrogen-bond acceptors (Lipinski definition) is 7. The zero-order chi connectivity index (χ0) is 21.8. The molecule has 1 aromatic carbocycles. The first-order valence-corrected chi connectivity index (χ1v) is 10.3. The van der Waals surface area contributed by atoms with Crippen LogP contribution in [0.1, 0.15) is 34.6 Å². The predicted molar refractivity (Wildman–Crippen MR) is 115 cm³/mol. The Balaban J connectivity index is 1.74. The molecule has 8 nitrogen and oxygen atoms in total. The third-order valence-corrected chi connectivity index (χ3v) is 5.40. The minimum atomic E-state index is -0.645. The van der Waals surface area contributed by atoms with Crippen LogP contribution in [0.5, 0.6) is 0 Å². The molecule has 0 aliphatic carbocycles. The molecule has 2 heterocycles. The van der Waals surface area contributed by atoms with Crippen LogP contribution in [-0.4, -0.2) is 39.7 Å². The third-order valence-electron chi connectivity index (χ3n) is 4.28. The Hall–Kier alpha value is -2.91. The number of aryl methyl sites for hydroxylation is 1. The molecule has 0 fully saturated rings. The highest BCUT2D eigenvalue weighted by Gasteiger charge is 2.18. The lowest BCUT2D eigenvalue weighted by molar-refractivity contribution is -0.119. The SMILES string of the molecule is COC(=O)c1cc(C)nc2nc(SCC(=O)NC(C)c3ccc(Cl)cc3)[nH]c(=O)c12. The van der Waals surface area contributed by atoms with Gasteiger partial charge in [-0.25, -0.2) is 14.8 Å². The van der Waals surface area contributed by atoms with Gasteiger partial charge in [-0.3, -0.25) is 9.59 Å². The molecule has 0 saturated heterocycles. The Kier molecular flexibility index (Phi) is 6.73. The molecule has 0 spiro atoms. The summed E-state index contributed by atoms with van der Waals surface area (Å²) in [6.07, 6.45) is 0. The van der Waals surface area contributed by atoms with Gasteiger partial charge in [0.2, 0.25) is 5.91 Å². The molecule has 1 amide bonds. The van der Waals surface area contributed by atoms with Crippen molar-refractivity contribution in [3.8, 4) is 0 Å². The number of halogens is 1. The van der Waals surface area contributed by atoms with E-state index in [4.69, 9.17) is 16.3 Å². The Labute approximate surface area is 181 Å². The lowest BCUT2D eigenvalue weighted by atomic mass is 10.1. The number of fused-ring (bicyclic) bond motifs is 1. The van der Waals surface area contributed by atoms with Gasteiger partial charge < -0.3 is 15.0 Å². The zero-order valence-corrected chi connectivity index (χ0v) is 18.1. The minimum absolute atomic E-state index is 0.0437. The van der Waals surface area contributed by atoms with E-state index in [0.717, 1.165) is 17.3 Å². The zero-order valence-electron chi connectivity index (χ0n) is 16.5. The van der Waals surface area contributed by atoms with Crippen LogP contribution in [0, 0.1) is 6.92 Å². The molecule has 3 aromatic rings. The summed E-state index contributed by atoms with van der Waals surface area (Å²) >= 11 is 6.95. The third kappa shape index (κ3) is 4.98. The molecule has 0 saturated carbocycles. The number of nitrogens with one attached hydrogen (secondary N) is 2. The molecule has 0 radical (unpaired) electrons. The van der Waals surface area contributed by atoms with Gasteiger partial charge in [0.05, 0.1) is 29.9 Å². The monoisotopic (exact) mass is 446 g/mol. The number of pyridine rings is 1. The highest BCUT2D eigenvalue weighted by molar-refractivity contribution is 7.99. The topological polar surface area (TPSA) is 114 Å². The fraction of sp³-hybridized carbons (Fsp3) is 0.250. The summed E-state index contributed by atoms with van der Waals surface area (Å²) in [6.45, 7) is 3.55. The number of carbonyl (C=O) groups is 2. The van der Waals surface area contributed by atoms with Crippen molar-refractivity contribution in [3.05, 3.63) is 62.5 Å². The Morgan fingerprint density at radius 3 is 2.63 bits per heavy atom. The van der Waals surface area contributed by atoms with Gasteiger partial charge >= 0.3 is 5.97 Å². The minimum Gasteiger partial charge on any atom is -0.465 e. The van der Waals surface area contributed by atoms with Crippen molar-refractivity contribution in [2.24, 2.45) is 0 Å². The van der Waals surface area contributed by atoms with Gasteiger partial charge in [0.25, 0.3) is 5.56 Å². The largest absolute Gasteiger partial charge is 0.465 e. The number of nitrogens with zero attached hydrogens (tertiary/aromatic N) is 2. The quantitative estimate of drug-likeness (QED) is 0.340. The number of thioether (sulfide) groups is 1. The Morgan fingerprint density at radius 1 is 1.27 bits per heavy atom. The number of amides is 1. The van der Waals surface area contributed by atoms with E-state index < -0.39 is 11.5 Å². The first-order chi connectivity index (χ1) is 14.3. The summed E-state index contributed by atoms with van der Waals surface area (Å²) in [4.78, 5) is 47.9. The fourth-order valence-corrected chi connectivity index (χ4v) is 3.63. The fourth-order valence-electron chi connectivity index (χ4n) is 2.84. The Bertz CT molecular complexity index is 1160. The van der Waals surface area contributed by atoms with E-state index in [1.807, 2.05) is 19.1 Å². The number of ether oxygens (including phenoxy) is 1. The number of rotatable bonds is 6. The van der Waals surface area contributed by atoms with Crippen LogP contribution < -0.4 is 10.9 Å². The number of esters is 1. The number of aromatic amines is 1. The second-order valence-corrected chi connectivity index (χ2v) is 7.90.